The predicted octanol–water partition coefficient (Wildman–Crippen LogP) is 1.76. The summed E-state index contributed by atoms with van der Waals surface area (Å²) in [5, 5.41) is 10.4. The monoisotopic (exact) mass is 215 g/mol. The van der Waals surface area contributed by atoms with Crippen LogP contribution in [0.2, 0.25) is 0 Å². The van der Waals surface area contributed by atoms with Crippen LogP contribution >= 0.6 is 0 Å². The van der Waals surface area contributed by atoms with Gasteiger partial charge in [-0.2, -0.15) is 4.39 Å². The number of methoxy groups -OCH3 is 1. The van der Waals surface area contributed by atoms with E-state index in [1.54, 1.807) is 0 Å². The van der Waals surface area contributed by atoms with E-state index in [2.05, 4.69) is 0 Å². The first-order chi connectivity index (χ1) is 7.15. The molecule has 1 aromatic rings. The summed E-state index contributed by atoms with van der Waals surface area (Å²) in [4.78, 5) is 9.60. The third kappa shape index (κ3) is 3.17. The van der Waals surface area contributed by atoms with E-state index in [0.717, 1.165) is 12.1 Å². The molecule has 15 heavy (non-hydrogen) atoms. The summed E-state index contributed by atoms with van der Waals surface area (Å²) in [5.74, 6) is -0.626. The van der Waals surface area contributed by atoms with E-state index in [1.165, 1.54) is 13.2 Å². The van der Waals surface area contributed by atoms with Gasteiger partial charge in [-0.3, -0.25) is 10.1 Å². The van der Waals surface area contributed by atoms with Crippen LogP contribution in [-0.4, -0.2) is 25.2 Å². The van der Waals surface area contributed by atoms with Gasteiger partial charge in [0.1, 0.15) is 12.4 Å². The van der Waals surface area contributed by atoms with Gasteiger partial charge in [0.05, 0.1) is 17.6 Å². The van der Waals surface area contributed by atoms with Crippen molar-refractivity contribution in [1.82, 2.24) is 0 Å². The van der Waals surface area contributed by atoms with Gasteiger partial charge in [0.25, 0.3) is 0 Å². The molecule has 0 unspecified atom stereocenters. The number of nitro benzene ring substituents is 1. The van der Waals surface area contributed by atoms with Crippen LogP contribution in [0.3, 0.4) is 0 Å². The van der Waals surface area contributed by atoms with Gasteiger partial charge in [-0.1, -0.05) is 0 Å². The van der Waals surface area contributed by atoms with Crippen molar-refractivity contribution < 1.29 is 18.8 Å². The zero-order valence-electron chi connectivity index (χ0n) is 8.10. The molecule has 0 saturated heterocycles. The summed E-state index contributed by atoms with van der Waals surface area (Å²) in [6.07, 6.45) is 0. The fourth-order valence-corrected chi connectivity index (χ4v) is 0.965. The highest BCUT2D eigenvalue weighted by Gasteiger charge is 2.14. The van der Waals surface area contributed by atoms with E-state index >= 15 is 0 Å². The highest BCUT2D eigenvalue weighted by molar-refractivity contribution is 5.39. The molecule has 0 saturated carbocycles. The molecular weight excluding hydrogens is 205 g/mol. The second-order valence-electron chi connectivity index (χ2n) is 2.71. The molecule has 1 rings (SSSR count). The number of hydrogen-bond acceptors (Lipinski definition) is 4. The number of nitrogens with zero attached hydrogens (tertiary/aromatic N) is 1. The summed E-state index contributed by atoms with van der Waals surface area (Å²) >= 11 is 0. The first kappa shape index (κ1) is 11.4. The van der Waals surface area contributed by atoms with Crippen molar-refractivity contribution in [2.45, 2.75) is 0 Å². The van der Waals surface area contributed by atoms with Crippen molar-refractivity contribution in [3.8, 4) is 5.75 Å². The van der Waals surface area contributed by atoms with Crippen molar-refractivity contribution >= 4 is 5.69 Å². The van der Waals surface area contributed by atoms with Gasteiger partial charge < -0.3 is 9.47 Å². The van der Waals surface area contributed by atoms with E-state index in [-0.39, 0.29) is 12.4 Å². The van der Waals surface area contributed by atoms with E-state index in [0.29, 0.717) is 6.61 Å². The van der Waals surface area contributed by atoms with Crippen LogP contribution in [0.1, 0.15) is 0 Å². The molecule has 0 spiro atoms. The molecule has 0 aliphatic carbocycles. The Morgan fingerprint density at radius 1 is 1.47 bits per heavy atom. The minimum atomic E-state index is -0.876. The Bertz CT molecular complexity index is 356. The molecule has 0 heterocycles. The van der Waals surface area contributed by atoms with Crippen LogP contribution in [-0.2, 0) is 4.74 Å². The molecule has 1 aromatic carbocycles. The third-order valence-electron chi connectivity index (χ3n) is 1.67. The normalized spacial score (nSPS) is 10.0. The van der Waals surface area contributed by atoms with Crippen LogP contribution in [0, 0.1) is 15.9 Å². The number of rotatable bonds is 5. The quantitative estimate of drug-likeness (QED) is 0.426. The molecule has 0 N–H and O–H groups in total. The first-order valence-electron chi connectivity index (χ1n) is 4.21. The van der Waals surface area contributed by atoms with Gasteiger partial charge in [-0.25, -0.2) is 0 Å². The Morgan fingerprint density at radius 2 is 2.20 bits per heavy atom. The van der Waals surface area contributed by atoms with Crippen LogP contribution in [0.15, 0.2) is 18.2 Å². The van der Waals surface area contributed by atoms with Crippen molar-refractivity contribution in [2.24, 2.45) is 0 Å². The molecular formula is C9H10FNO4. The minimum Gasteiger partial charge on any atom is -0.491 e. The predicted molar refractivity (Wildman–Crippen MR) is 50.4 cm³/mol. The van der Waals surface area contributed by atoms with Gasteiger partial charge in [0.2, 0.25) is 5.82 Å². The average molecular weight is 215 g/mol. The highest BCUT2D eigenvalue weighted by atomic mass is 19.1. The van der Waals surface area contributed by atoms with Gasteiger partial charge in [0.15, 0.2) is 0 Å². The molecule has 0 bridgehead atoms. The van der Waals surface area contributed by atoms with E-state index in [9.17, 15) is 14.5 Å². The lowest BCUT2D eigenvalue weighted by molar-refractivity contribution is -0.387. The maximum Gasteiger partial charge on any atom is 0.308 e. The summed E-state index contributed by atoms with van der Waals surface area (Å²) < 4.78 is 22.7. The van der Waals surface area contributed by atoms with E-state index < -0.39 is 16.4 Å². The summed E-state index contributed by atoms with van der Waals surface area (Å²) in [7, 11) is 1.51. The number of halogens is 1. The third-order valence-corrected chi connectivity index (χ3v) is 1.67. The molecule has 5 nitrogen and oxygen atoms in total. The maximum atomic E-state index is 12.9. The van der Waals surface area contributed by atoms with Crippen LogP contribution in [0.4, 0.5) is 10.1 Å². The highest BCUT2D eigenvalue weighted by Crippen LogP contribution is 2.22. The van der Waals surface area contributed by atoms with Crippen molar-refractivity contribution in [1.29, 1.82) is 0 Å². The fourth-order valence-electron chi connectivity index (χ4n) is 0.965. The van der Waals surface area contributed by atoms with Crippen molar-refractivity contribution in [3.63, 3.8) is 0 Å². The van der Waals surface area contributed by atoms with Crippen molar-refractivity contribution in [2.75, 3.05) is 20.3 Å². The molecule has 82 valence electrons. The number of ether oxygens (including phenoxy) is 2. The Kier molecular flexibility index (Phi) is 3.99. The van der Waals surface area contributed by atoms with Crippen LogP contribution in [0.25, 0.3) is 0 Å². The van der Waals surface area contributed by atoms with Gasteiger partial charge in [0, 0.05) is 7.11 Å². The molecule has 0 aliphatic heterocycles. The largest absolute Gasteiger partial charge is 0.491 e. The molecule has 6 heteroatoms. The number of hydrogen-bond donors (Lipinski definition) is 0. The summed E-state index contributed by atoms with van der Waals surface area (Å²) in [6.45, 7) is 0.629. The first-order valence-corrected chi connectivity index (χ1v) is 4.21. The minimum absolute atomic E-state index is 0.250. The summed E-state index contributed by atoms with van der Waals surface area (Å²) in [5.41, 5.74) is -0.593. The van der Waals surface area contributed by atoms with E-state index in [4.69, 9.17) is 9.47 Å². The number of nitro groups is 1. The second-order valence-corrected chi connectivity index (χ2v) is 2.71. The van der Waals surface area contributed by atoms with Gasteiger partial charge >= 0.3 is 5.69 Å². The summed E-state index contributed by atoms with van der Waals surface area (Å²) in [6, 6.07) is 3.38. The average Bonchev–Trinajstić information content (AvgIpc) is 2.20. The molecule has 0 amide bonds. The smallest absolute Gasteiger partial charge is 0.308 e. The maximum absolute atomic E-state index is 12.9. The Labute approximate surface area is 85.6 Å². The lowest BCUT2D eigenvalue weighted by Crippen LogP contribution is -2.04. The lowest BCUT2D eigenvalue weighted by Gasteiger charge is -2.04. The van der Waals surface area contributed by atoms with Gasteiger partial charge in [-0.05, 0) is 12.1 Å². The SMILES string of the molecule is COCCOc1ccc(F)c([N+](=O)[O-])c1. The lowest BCUT2D eigenvalue weighted by atomic mass is 10.3. The van der Waals surface area contributed by atoms with E-state index in [1.807, 2.05) is 0 Å². The molecule has 0 radical (unpaired) electrons. The Hall–Kier alpha value is -1.69. The molecule has 0 aliphatic rings. The van der Waals surface area contributed by atoms with Crippen LogP contribution in [0.5, 0.6) is 5.75 Å². The van der Waals surface area contributed by atoms with Crippen LogP contribution < -0.4 is 4.74 Å². The molecule has 0 atom stereocenters. The van der Waals surface area contributed by atoms with Crippen molar-refractivity contribution in [3.05, 3.63) is 34.1 Å². The molecule has 0 fully saturated rings. The fraction of sp³-hybridized carbons (Fsp3) is 0.333. The Morgan fingerprint density at radius 3 is 2.80 bits per heavy atom. The zero-order valence-corrected chi connectivity index (χ0v) is 8.10. The second kappa shape index (κ2) is 5.26. The Balaban J connectivity index is 2.74. The zero-order chi connectivity index (χ0) is 11.3. The topological polar surface area (TPSA) is 61.6 Å². The molecule has 0 aromatic heterocycles. The van der Waals surface area contributed by atoms with Gasteiger partial charge in [-0.15, -0.1) is 0 Å². The standard InChI is InChI=1S/C9H10FNO4/c1-14-4-5-15-7-2-3-8(10)9(6-7)11(12)13/h2-3,6H,4-5H2,1H3. The number of benzene rings is 1.